The van der Waals surface area contributed by atoms with E-state index in [-0.39, 0.29) is 6.42 Å². The summed E-state index contributed by atoms with van der Waals surface area (Å²) in [6.07, 6.45) is 3.83. The summed E-state index contributed by atoms with van der Waals surface area (Å²) in [7, 11) is -4.01. The van der Waals surface area contributed by atoms with Crippen LogP contribution in [-0.2, 0) is 10.0 Å². The van der Waals surface area contributed by atoms with E-state index >= 15 is 0 Å². The van der Waals surface area contributed by atoms with Gasteiger partial charge in [-0.1, -0.05) is 44.6 Å². The molecule has 1 atom stereocenters. The summed E-state index contributed by atoms with van der Waals surface area (Å²) in [6, 6.07) is 0. The molecule has 1 aliphatic rings. The van der Waals surface area contributed by atoms with Crippen LogP contribution in [0.5, 0.6) is 0 Å². The molecule has 0 bridgehead atoms. The Kier molecular flexibility index (Phi) is 3.63. The summed E-state index contributed by atoms with van der Waals surface area (Å²) in [5.41, 5.74) is 0.350. The second-order valence-electron chi connectivity index (χ2n) is 5.54. The van der Waals surface area contributed by atoms with Crippen LogP contribution in [0, 0.1) is 5.41 Å². The minimum atomic E-state index is -4.01. The fourth-order valence-corrected chi connectivity index (χ4v) is 3.85. The number of hydrogen-bond acceptors (Lipinski definition) is 3. The molecule has 1 unspecified atom stereocenters. The highest BCUT2D eigenvalue weighted by Gasteiger charge is 2.51. The van der Waals surface area contributed by atoms with E-state index in [2.05, 4.69) is 0 Å². The van der Waals surface area contributed by atoms with Crippen molar-refractivity contribution in [3.05, 3.63) is 23.8 Å². The molecule has 18 heavy (non-hydrogen) atoms. The number of amides is 1. The minimum Gasteiger partial charge on any atom is -0.464 e. The summed E-state index contributed by atoms with van der Waals surface area (Å²) in [6.45, 7) is 7.23. The molecule has 0 radical (unpaired) electrons. The molecule has 2 N–H and O–H groups in total. The van der Waals surface area contributed by atoms with E-state index in [4.69, 9.17) is 5.11 Å². The highest BCUT2D eigenvalue weighted by molar-refractivity contribution is 7.91. The Hall–Kier alpha value is -1.30. The first kappa shape index (κ1) is 14.8. The van der Waals surface area contributed by atoms with Crippen molar-refractivity contribution in [2.45, 2.75) is 38.9 Å². The minimum absolute atomic E-state index is 0.265. The molecule has 1 amide bonds. The highest BCUT2D eigenvalue weighted by atomic mass is 32.2. The lowest BCUT2D eigenvalue weighted by Crippen LogP contribution is -2.54. The first-order valence-electron chi connectivity index (χ1n) is 5.63. The summed E-state index contributed by atoms with van der Waals surface area (Å²) >= 11 is 0. The Bertz CT molecular complexity index is 511. The Balaban J connectivity index is 3.34. The van der Waals surface area contributed by atoms with Crippen LogP contribution in [0.2, 0.25) is 0 Å². The molecule has 0 aromatic carbocycles. The Morgan fingerprint density at radius 1 is 1.44 bits per heavy atom. The van der Waals surface area contributed by atoms with E-state index in [0.717, 1.165) is 5.57 Å². The third-order valence-electron chi connectivity index (χ3n) is 3.31. The highest BCUT2D eigenvalue weighted by Crippen LogP contribution is 2.43. The lowest BCUT2D eigenvalue weighted by atomic mass is 9.75. The number of allylic oxidation sites excluding steroid dienone is 3. The molecule has 6 heteroatoms. The van der Waals surface area contributed by atoms with Gasteiger partial charge < -0.3 is 5.11 Å². The molecule has 102 valence electrons. The van der Waals surface area contributed by atoms with Crippen molar-refractivity contribution in [2.75, 3.05) is 0 Å². The number of nitrogens with one attached hydrogen (secondary N) is 1. The van der Waals surface area contributed by atoms with Crippen molar-refractivity contribution in [2.24, 2.45) is 5.41 Å². The molecule has 0 saturated carbocycles. The van der Waals surface area contributed by atoms with Crippen LogP contribution < -0.4 is 4.72 Å². The van der Waals surface area contributed by atoms with E-state index in [1.54, 1.807) is 37.6 Å². The largest absolute Gasteiger partial charge is 0.464 e. The zero-order valence-electron chi connectivity index (χ0n) is 11.0. The van der Waals surface area contributed by atoms with Gasteiger partial charge in [0.2, 0.25) is 10.0 Å². The number of carbonyl (C=O) groups is 1. The summed E-state index contributed by atoms with van der Waals surface area (Å²) in [5.74, 6) is 0. The normalized spacial score (nSPS) is 24.6. The summed E-state index contributed by atoms with van der Waals surface area (Å²) in [4.78, 5) is 10.7. The molecule has 0 saturated heterocycles. The number of hydrogen-bond donors (Lipinski definition) is 2. The Labute approximate surface area is 108 Å². The Morgan fingerprint density at radius 2 is 2.00 bits per heavy atom. The fraction of sp³-hybridized carbons (Fsp3) is 0.583. The second-order valence-corrected chi connectivity index (χ2v) is 7.48. The molecule has 5 nitrogen and oxygen atoms in total. The molecule has 1 aliphatic carbocycles. The fourth-order valence-electron chi connectivity index (χ4n) is 2.08. The van der Waals surface area contributed by atoms with Gasteiger partial charge >= 0.3 is 6.09 Å². The summed E-state index contributed by atoms with van der Waals surface area (Å²) < 4.78 is 25.0. The smallest absolute Gasteiger partial charge is 0.418 e. The van der Waals surface area contributed by atoms with Crippen LogP contribution in [0.25, 0.3) is 0 Å². The van der Waals surface area contributed by atoms with Crippen molar-refractivity contribution in [3.63, 3.8) is 0 Å². The molecule has 0 aromatic heterocycles. The van der Waals surface area contributed by atoms with Crippen molar-refractivity contribution in [3.8, 4) is 0 Å². The first-order valence-corrected chi connectivity index (χ1v) is 7.11. The summed E-state index contributed by atoms with van der Waals surface area (Å²) in [5, 5.41) is 8.68. The van der Waals surface area contributed by atoms with E-state index in [1.807, 2.05) is 13.0 Å². The van der Waals surface area contributed by atoms with Crippen LogP contribution >= 0.6 is 0 Å². The molecular weight excluding hydrogens is 254 g/mol. The van der Waals surface area contributed by atoms with Crippen LogP contribution in [0.1, 0.15) is 34.1 Å². The van der Waals surface area contributed by atoms with Crippen molar-refractivity contribution >= 4 is 16.1 Å². The molecule has 0 heterocycles. The third-order valence-corrected chi connectivity index (χ3v) is 5.63. The quantitative estimate of drug-likeness (QED) is 0.808. The predicted molar refractivity (Wildman–Crippen MR) is 69.8 cm³/mol. The zero-order valence-corrected chi connectivity index (χ0v) is 11.8. The number of sulfonamides is 1. The molecular formula is C12H19NO4S. The molecule has 0 fully saturated rings. The molecule has 0 aliphatic heterocycles. The zero-order chi connectivity index (χ0) is 14.2. The first-order chi connectivity index (χ1) is 8.02. The van der Waals surface area contributed by atoms with E-state index in [0.29, 0.717) is 0 Å². The van der Waals surface area contributed by atoms with Crippen LogP contribution in [-0.4, -0.2) is 24.4 Å². The molecule has 0 aromatic rings. The second kappa shape index (κ2) is 4.42. The van der Waals surface area contributed by atoms with Gasteiger partial charge in [0.1, 0.15) is 4.75 Å². The lowest BCUT2D eigenvalue weighted by molar-refractivity contribution is 0.200. The van der Waals surface area contributed by atoms with Gasteiger partial charge in [0.05, 0.1) is 0 Å². The number of carboxylic acid groups (broad SMARTS) is 1. The lowest BCUT2D eigenvalue weighted by Gasteiger charge is -2.42. The van der Waals surface area contributed by atoms with Gasteiger partial charge in [-0.2, -0.15) is 0 Å². The maximum Gasteiger partial charge on any atom is 0.418 e. The van der Waals surface area contributed by atoms with Crippen molar-refractivity contribution in [1.29, 1.82) is 0 Å². The van der Waals surface area contributed by atoms with Gasteiger partial charge in [-0.05, 0) is 18.8 Å². The standard InChI is InChI=1S/C12H19NO4S/c1-9-5-7-12(8-6-9,11(2,3)4)18(16,17)13-10(14)15/h5-7,13H,8H2,1-4H3,(H,14,15). The van der Waals surface area contributed by atoms with E-state index in [9.17, 15) is 13.2 Å². The van der Waals surface area contributed by atoms with Crippen molar-refractivity contribution < 1.29 is 18.3 Å². The average Bonchev–Trinajstić information content (AvgIpc) is 2.14. The van der Waals surface area contributed by atoms with E-state index in [1.165, 1.54) is 0 Å². The third kappa shape index (κ3) is 2.43. The van der Waals surface area contributed by atoms with Gasteiger partial charge in [-0.3, -0.25) is 0 Å². The maximum atomic E-state index is 12.3. The topological polar surface area (TPSA) is 83.5 Å². The van der Waals surface area contributed by atoms with Gasteiger partial charge in [-0.25, -0.2) is 17.9 Å². The number of rotatable bonds is 2. The van der Waals surface area contributed by atoms with Gasteiger partial charge in [0.25, 0.3) is 0 Å². The molecule has 1 rings (SSSR count). The monoisotopic (exact) mass is 273 g/mol. The van der Waals surface area contributed by atoms with E-state index < -0.39 is 26.3 Å². The van der Waals surface area contributed by atoms with Crippen molar-refractivity contribution in [1.82, 2.24) is 4.72 Å². The van der Waals surface area contributed by atoms with Crippen LogP contribution in [0.15, 0.2) is 23.8 Å². The van der Waals surface area contributed by atoms with Crippen LogP contribution in [0.4, 0.5) is 4.79 Å². The van der Waals surface area contributed by atoms with Gasteiger partial charge in [-0.15, -0.1) is 0 Å². The van der Waals surface area contributed by atoms with Crippen LogP contribution in [0.3, 0.4) is 0 Å². The maximum absolute atomic E-state index is 12.3. The van der Waals surface area contributed by atoms with Gasteiger partial charge in [0.15, 0.2) is 0 Å². The Morgan fingerprint density at radius 3 is 2.33 bits per heavy atom. The predicted octanol–water partition coefficient (Wildman–Crippen LogP) is 2.27. The average molecular weight is 273 g/mol. The molecule has 0 spiro atoms. The SMILES string of the molecule is CC1=CCC(C(C)(C)C)(S(=O)(=O)NC(=O)O)C=C1. The van der Waals surface area contributed by atoms with Gasteiger partial charge in [0, 0.05) is 0 Å².